The normalized spacial score (nSPS) is 11.8. The molecule has 2 N–H and O–H groups in total. The zero-order chi connectivity index (χ0) is 15.6. The van der Waals surface area contributed by atoms with Crippen molar-refractivity contribution >= 4 is 15.7 Å². The van der Waals surface area contributed by atoms with Crippen molar-refractivity contribution in [3.63, 3.8) is 0 Å². The third-order valence-electron chi connectivity index (χ3n) is 3.37. The van der Waals surface area contributed by atoms with Crippen molar-refractivity contribution < 1.29 is 12.8 Å². The number of nitrogens with zero attached hydrogens (tertiary/aromatic N) is 1. The van der Waals surface area contributed by atoms with Crippen molar-refractivity contribution in [2.24, 2.45) is 0 Å². The predicted molar refractivity (Wildman–Crippen MR) is 80.6 cm³/mol. The molecule has 112 valence electrons. The number of hydrogen-bond acceptors (Lipinski definition) is 3. The number of hydrogen-bond donors (Lipinski definition) is 1. The molecule has 0 aliphatic rings. The van der Waals surface area contributed by atoms with E-state index in [0.29, 0.717) is 16.8 Å². The van der Waals surface area contributed by atoms with Crippen LogP contribution in [0.15, 0.2) is 47.4 Å². The standard InChI is InChI=1S/C15H17FN2O2S/c1-11-14(17)8-5-9-15(11)21(19,20)18(2)10-12-6-3-4-7-13(12)16/h3-9H,10,17H2,1-2H3. The number of anilines is 1. The van der Waals surface area contributed by atoms with E-state index in [1.165, 1.54) is 19.2 Å². The van der Waals surface area contributed by atoms with Gasteiger partial charge in [-0.05, 0) is 30.7 Å². The van der Waals surface area contributed by atoms with E-state index < -0.39 is 15.8 Å². The molecular weight excluding hydrogens is 291 g/mol. The highest BCUT2D eigenvalue weighted by molar-refractivity contribution is 7.89. The van der Waals surface area contributed by atoms with Crippen molar-refractivity contribution in [2.75, 3.05) is 12.8 Å². The largest absolute Gasteiger partial charge is 0.398 e. The molecule has 0 radical (unpaired) electrons. The number of benzene rings is 2. The fourth-order valence-electron chi connectivity index (χ4n) is 2.03. The highest BCUT2D eigenvalue weighted by atomic mass is 32.2. The van der Waals surface area contributed by atoms with Gasteiger partial charge in [-0.1, -0.05) is 24.3 Å². The van der Waals surface area contributed by atoms with Gasteiger partial charge in [-0.2, -0.15) is 4.31 Å². The molecule has 0 saturated heterocycles. The molecule has 0 aromatic heterocycles. The monoisotopic (exact) mass is 308 g/mol. The molecule has 0 heterocycles. The summed E-state index contributed by atoms with van der Waals surface area (Å²) in [5.74, 6) is -0.427. The Bertz CT molecular complexity index is 760. The molecule has 4 nitrogen and oxygen atoms in total. The fourth-order valence-corrected chi connectivity index (χ4v) is 3.43. The summed E-state index contributed by atoms with van der Waals surface area (Å²) in [4.78, 5) is 0.140. The molecule has 2 aromatic carbocycles. The maximum atomic E-state index is 13.6. The summed E-state index contributed by atoms with van der Waals surface area (Å²) in [6.07, 6.45) is 0. The average molecular weight is 308 g/mol. The highest BCUT2D eigenvalue weighted by Crippen LogP contribution is 2.24. The Labute approximate surface area is 124 Å². The van der Waals surface area contributed by atoms with E-state index in [9.17, 15) is 12.8 Å². The van der Waals surface area contributed by atoms with Crippen LogP contribution in [0.3, 0.4) is 0 Å². The van der Waals surface area contributed by atoms with Gasteiger partial charge in [-0.25, -0.2) is 12.8 Å². The van der Waals surface area contributed by atoms with Crippen LogP contribution in [0.2, 0.25) is 0 Å². The van der Waals surface area contributed by atoms with Gasteiger partial charge in [0.05, 0.1) is 4.90 Å². The fraction of sp³-hybridized carbons (Fsp3) is 0.200. The van der Waals surface area contributed by atoms with Crippen LogP contribution >= 0.6 is 0 Å². The molecule has 0 aliphatic heterocycles. The summed E-state index contributed by atoms with van der Waals surface area (Å²) in [7, 11) is -2.30. The lowest BCUT2D eigenvalue weighted by Gasteiger charge is -2.19. The van der Waals surface area contributed by atoms with Crippen LogP contribution in [0.1, 0.15) is 11.1 Å². The topological polar surface area (TPSA) is 63.4 Å². The van der Waals surface area contributed by atoms with Crippen molar-refractivity contribution in [1.29, 1.82) is 0 Å². The van der Waals surface area contributed by atoms with Crippen molar-refractivity contribution in [3.8, 4) is 0 Å². The van der Waals surface area contributed by atoms with Crippen LogP contribution in [-0.4, -0.2) is 19.8 Å². The van der Waals surface area contributed by atoms with E-state index >= 15 is 0 Å². The Morgan fingerprint density at radius 3 is 2.48 bits per heavy atom. The molecule has 21 heavy (non-hydrogen) atoms. The quantitative estimate of drug-likeness (QED) is 0.883. The zero-order valence-corrected chi connectivity index (χ0v) is 12.7. The first-order valence-electron chi connectivity index (χ1n) is 6.39. The lowest BCUT2D eigenvalue weighted by atomic mass is 10.2. The molecule has 0 saturated carbocycles. The van der Waals surface area contributed by atoms with Crippen LogP contribution in [0.4, 0.5) is 10.1 Å². The minimum Gasteiger partial charge on any atom is -0.398 e. The van der Waals surface area contributed by atoms with Gasteiger partial charge in [0.1, 0.15) is 5.82 Å². The second-order valence-electron chi connectivity index (χ2n) is 4.82. The first kappa shape index (κ1) is 15.5. The van der Waals surface area contributed by atoms with Gasteiger partial charge in [0, 0.05) is 24.8 Å². The SMILES string of the molecule is Cc1c(N)cccc1S(=O)(=O)N(C)Cc1ccccc1F. The van der Waals surface area contributed by atoms with E-state index in [-0.39, 0.29) is 11.4 Å². The Balaban J connectivity index is 2.36. The molecule has 6 heteroatoms. The summed E-state index contributed by atoms with van der Waals surface area (Å²) in [6.45, 7) is 1.61. The van der Waals surface area contributed by atoms with Crippen molar-refractivity contribution in [2.45, 2.75) is 18.4 Å². The minimum absolute atomic E-state index is 0.0384. The van der Waals surface area contributed by atoms with Gasteiger partial charge in [0.15, 0.2) is 0 Å². The highest BCUT2D eigenvalue weighted by Gasteiger charge is 2.24. The van der Waals surface area contributed by atoms with E-state index in [1.54, 1.807) is 37.3 Å². The number of rotatable bonds is 4. The maximum Gasteiger partial charge on any atom is 0.243 e. The molecule has 0 spiro atoms. The Kier molecular flexibility index (Phi) is 4.29. The first-order chi connectivity index (χ1) is 9.84. The van der Waals surface area contributed by atoms with Gasteiger partial charge < -0.3 is 5.73 Å². The number of nitrogen functional groups attached to an aromatic ring is 1. The summed E-state index contributed by atoms with van der Waals surface area (Å²) < 4.78 is 39.9. The Morgan fingerprint density at radius 2 is 1.81 bits per heavy atom. The van der Waals surface area contributed by atoms with Gasteiger partial charge >= 0.3 is 0 Å². The molecular formula is C15H17FN2O2S. The lowest BCUT2D eigenvalue weighted by molar-refractivity contribution is 0.456. The van der Waals surface area contributed by atoms with Crippen LogP contribution in [0.5, 0.6) is 0 Å². The van der Waals surface area contributed by atoms with Crippen LogP contribution in [0, 0.1) is 12.7 Å². The molecule has 0 amide bonds. The number of halogens is 1. The predicted octanol–water partition coefficient (Wildman–Crippen LogP) is 2.54. The molecule has 0 aliphatic carbocycles. The van der Waals surface area contributed by atoms with Crippen LogP contribution in [-0.2, 0) is 16.6 Å². The van der Waals surface area contributed by atoms with Gasteiger partial charge in [0.2, 0.25) is 10.0 Å². The van der Waals surface area contributed by atoms with E-state index in [2.05, 4.69) is 0 Å². The Hall–Kier alpha value is -1.92. The summed E-state index contributed by atoms with van der Waals surface area (Å²) in [5.41, 5.74) is 6.99. The van der Waals surface area contributed by atoms with Crippen molar-refractivity contribution in [3.05, 3.63) is 59.4 Å². The summed E-state index contributed by atoms with van der Waals surface area (Å²) >= 11 is 0. The minimum atomic E-state index is -3.72. The molecule has 0 unspecified atom stereocenters. The molecule has 0 atom stereocenters. The Morgan fingerprint density at radius 1 is 1.14 bits per heavy atom. The summed E-state index contributed by atoms with van der Waals surface area (Å²) in [5, 5.41) is 0. The third-order valence-corrected chi connectivity index (χ3v) is 5.31. The van der Waals surface area contributed by atoms with Crippen molar-refractivity contribution in [1.82, 2.24) is 4.31 Å². The maximum absolute atomic E-state index is 13.6. The third kappa shape index (κ3) is 3.06. The second kappa shape index (κ2) is 5.83. The van der Waals surface area contributed by atoms with E-state index in [0.717, 1.165) is 4.31 Å². The second-order valence-corrected chi connectivity index (χ2v) is 6.84. The molecule has 0 fully saturated rings. The van der Waals surface area contributed by atoms with Gasteiger partial charge in [-0.15, -0.1) is 0 Å². The van der Waals surface area contributed by atoms with E-state index in [1.807, 2.05) is 0 Å². The zero-order valence-electron chi connectivity index (χ0n) is 11.9. The number of sulfonamides is 1. The van der Waals surface area contributed by atoms with E-state index in [4.69, 9.17) is 5.73 Å². The lowest BCUT2D eigenvalue weighted by Crippen LogP contribution is -2.27. The molecule has 2 aromatic rings. The van der Waals surface area contributed by atoms with Gasteiger partial charge in [-0.3, -0.25) is 0 Å². The first-order valence-corrected chi connectivity index (χ1v) is 7.83. The smallest absolute Gasteiger partial charge is 0.243 e. The summed E-state index contributed by atoms with van der Waals surface area (Å²) in [6, 6.07) is 10.8. The van der Waals surface area contributed by atoms with Crippen LogP contribution < -0.4 is 5.73 Å². The van der Waals surface area contributed by atoms with Crippen LogP contribution in [0.25, 0.3) is 0 Å². The molecule has 0 bridgehead atoms. The van der Waals surface area contributed by atoms with Gasteiger partial charge in [0.25, 0.3) is 0 Å². The average Bonchev–Trinajstić information content (AvgIpc) is 2.44. The molecule has 2 rings (SSSR count). The number of nitrogens with two attached hydrogens (primary N) is 1.